The number of rotatable bonds is 4. The minimum absolute atomic E-state index is 0.0221. The van der Waals surface area contributed by atoms with Gasteiger partial charge in [0.1, 0.15) is 6.54 Å². The van der Waals surface area contributed by atoms with E-state index in [4.69, 9.17) is 5.11 Å². The number of hydrogen-bond donors (Lipinski definition) is 3. The van der Waals surface area contributed by atoms with Crippen molar-refractivity contribution < 1.29 is 29.4 Å². The van der Waals surface area contributed by atoms with E-state index in [0.29, 0.717) is 19.3 Å². The molecule has 0 aromatic carbocycles. The lowest BCUT2D eigenvalue weighted by atomic mass is 9.33. The Morgan fingerprint density at radius 1 is 0.900 bits per heavy atom. The number of carboxylic acids is 2. The molecule has 0 radical (unpaired) electrons. The van der Waals surface area contributed by atoms with E-state index < -0.39 is 17.4 Å². The smallest absolute Gasteiger partial charge is 0.322 e. The molecule has 0 aromatic heterocycles. The molecule has 3 N–H and O–H groups in total. The number of carbonyl (C=O) groups is 4. The zero-order valence-electron chi connectivity index (χ0n) is 25.5. The van der Waals surface area contributed by atoms with E-state index in [1.165, 1.54) is 5.57 Å². The van der Waals surface area contributed by atoms with E-state index in [2.05, 4.69) is 46.9 Å². The Labute approximate surface area is 238 Å². The number of allylic oxidation sites excluding steroid dienone is 2. The Hall–Kier alpha value is -2.18. The molecule has 0 spiro atoms. The van der Waals surface area contributed by atoms with Crippen LogP contribution < -0.4 is 5.32 Å². The van der Waals surface area contributed by atoms with Crippen LogP contribution in [-0.4, -0.2) is 40.4 Å². The van der Waals surface area contributed by atoms with E-state index in [9.17, 15) is 24.3 Å². The highest BCUT2D eigenvalue weighted by atomic mass is 16.4. The van der Waals surface area contributed by atoms with Crippen molar-refractivity contribution in [1.29, 1.82) is 0 Å². The number of nitrogens with one attached hydrogen (secondary N) is 1. The van der Waals surface area contributed by atoms with Crippen molar-refractivity contribution in [2.24, 2.45) is 56.2 Å². The Morgan fingerprint density at radius 2 is 1.55 bits per heavy atom. The standard InChI is InChI=1S/C33H49NO6/c1-28(2)19(26(38)34-18-24(36)37)8-10-31(5)23(28)9-11-33(7)25(31)22(35)16-20-21-17-30(4,27(39)40)13-12-29(21,3)14-15-32(20,33)6/h16,19,21,23,25H,8-15,17-18H2,1-7H3,(H,34,38)(H,36,37)(H,39,40)/t19-,21?,23+,25-,29-,30+,31+,32-,33-/m1/s1. The maximum absolute atomic E-state index is 14.4. The molecule has 7 heteroatoms. The van der Waals surface area contributed by atoms with Crippen molar-refractivity contribution in [3.8, 4) is 0 Å². The fourth-order valence-electron chi connectivity index (χ4n) is 11.1. The van der Waals surface area contributed by atoms with Gasteiger partial charge in [-0.3, -0.25) is 19.2 Å². The fourth-order valence-corrected chi connectivity index (χ4v) is 11.1. The molecule has 0 heterocycles. The maximum atomic E-state index is 14.4. The van der Waals surface area contributed by atoms with Crippen molar-refractivity contribution >= 4 is 23.6 Å². The Morgan fingerprint density at radius 3 is 2.17 bits per heavy atom. The Kier molecular flexibility index (Phi) is 6.53. The number of amides is 1. The highest BCUT2D eigenvalue weighted by Gasteiger charge is 2.70. The number of fused-ring (bicyclic) bond motifs is 7. The second-order valence-corrected chi connectivity index (χ2v) is 16.1. The van der Waals surface area contributed by atoms with E-state index in [-0.39, 0.29) is 69.0 Å². The quantitative estimate of drug-likeness (QED) is 0.399. The minimum Gasteiger partial charge on any atom is -0.481 e. The molecule has 0 aromatic rings. The number of hydrogen-bond acceptors (Lipinski definition) is 4. The molecule has 0 bridgehead atoms. The largest absolute Gasteiger partial charge is 0.481 e. The summed E-state index contributed by atoms with van der Waals surface area (Å²) in [7, 11) is 0. The monoisotopic (exact) mass is 555 g/mol. The highest BCUT2D eigenvalue weighted by molar-refractivity contribution is 5.96. The second kappa shape index (κ2) is 8.91. The summed E-state index contributed by atoms with van der Waals surface area (Å²) in [5.41, 5.74) is -0.608. The first-order valence-electron chi connectivity index (χ1n) is 15.3. The van der Waals surface area contributed by atoms with Gasteiger partial charge in [0.15, 0.2) is 5.78 Å². The van der Waals surface area contributed by atoms with Crippen LogP contribution in [0.4, 0.5) is 0 Å². The molecule has 5 rings (SSSR count). The molecule has 7 nitrogen and oxygen atoms in total. The van der Waals surface area contributed by atoms with Gasteiger partial charge in [-0.1, -0.05) is 47.1 Å². The molecule has 40 heavy (non-hydrogen) atoms. The second-order valence-electron chi connectivity index (χ2n) is 16.1. The van der Waals surface area contributed by atoms with Crippen molar-refractivity contribution in [2.75, 3.05) is 6.54 Å². The summed E-state index contributed by atoms with van der Waals surface area (Å²) in [6.07, 6.45) is 9.39. The molecule has 222 valence electrons. The van der Waals surface area contributed by atoms with Crippen molar-refractivity contribution in [1.82, 2.24) is 5.32 Å². The Bertz CT molecular complexity index is 1190. The van der Waals surface area contributed by atoms with Crippen molar-refractivity contribution in [3.05, 3.63) is 11.6 Å². The molecule has 4 fully saturated rings. The molecule has 1 amide bonds. The minimum atomic E-state index is -1.05. The van der Waals surface area contributed by atoms with Crippen LogP contribution in [0.2, 0.25) is 0 Å². The zero-order chi connectivity index (χ0) is 29.7. The average molecular weight is 556 g/mol. The van der Waals surface area contributed by atoms with Crippen molar-refractivity contribution in [2.45, 2.75) is 106 Å². The topological polar surface area (TPSA) is 121 Å². The average Bonchev–Trinajstić information content (AvgIpc) is 2.84. The fraction of sp³-hybridized carbons (Fsp3) is 0.818. The van der Waals surface area contributed by atoms with E-state index in [1.54, 1.807) is 0 Å². The summed E-state index contributed by atoms with van der Waals surface area (Å²) in [6.45, 7) is 15.1. The molecule has 1 unspecified atom stereocenters. The molecular formula is C33H49NO6. The van der Waals surface area contributed by atoms with Crippen LogP contribution in [0.15, 0.2) is 11.6 Å². The predicted octanol–water partition coefficient (Wildman–Crippen LogP) is 5.87. The number of carbonyl (C=O) groups excluding carboxylic acids is 2. The lowest BCUT2D eigenvalue weighted by molar-refractivity contribution is -0.194. The number of ketones is 1. The predicted molar refractivity (Wildman–Crippen MR) is 151 cm³/mol. The zero-order valence-corrected chi connectivity index (χ0v) is 25.5. The summed E-state index contributed by atoms with van der Waals surface area (Å²) < 4.78 is 0. The summed E-state index contributed by atoms with van der Waals surface area (Å²) in [4.78, 5) is 51.0. The lowest BCUT2D eigenvalue weighted by Crippen LogP contribution is -2.66. The molecule has 0 aliphatic heterocycles. The van der Waals surface area contributed by atoms with Crippen molar-refractivity contribution in [3.63, 3.8) is 0 Å². The van der Waals surface area contributed by atoms with Gasteiger partial charge < -0.3 is 15.5 Å². The van der Waals surface area contributed by atoms with Gasteiger partial charge in [-0.25, -0.2) is 0 Å². The maximum Gasteiger partial charge on any atom is 0.322 e. The summed E-state index contributed by atoms with van der Waals surface area (Å²) >= 11 is 0. The SMILES string of the molecule is CC1(C)[C@@H](C(=O)NCC(=O)O)CC[C@]2(C)[C@H]3C(=O)C=C4C5C[C@@](C)(C(=O)O)CC[C@]5(C)CC[C@@]4(C)[C@]3(C)CC[C@@H]12. The molecule has 4 saturated carbocycles. The molecule has 5 aliphatic carbocycles. The summed E-state index contributed by atoms with van der Waals surface area (Å²) in [5, 5.41) is 21.8. The third-order valence-electron chi connectivity index (χ3n) is 13.9. The van der Waals surface area contributed by atoms with E-state index in [0.717, 1.165) is 38.5 Å². The van der Waals surface area contributed by atoms with Crippen LogP contribution >= 0.6 is 0 Å². The highest BCUT2D eigenvalue weighted by Crippen LogP contribution is 2.75. The van der Waals surface area contributed by atoms with Gasteiger partial charge in [0, 0.05) is 11.8 Å². The lowest BCUT2D eigenvalue weighted by Gasteiger charge is -2.70. The van der Waals surface area contributed by atoms with Crippen LogP contribution in [0.3, 0.4) is 0 Å². The van der Waals surface area contributed by atoms with Gasteiger partial charge in [0.25, 0.3) is 0 Å². The molecular weight excluding hydrogens is 506 g/mol. The van der Waals surface area contributed by atoms with Gasteiger partial charge in [-0.15, -0.1) is 0 Å². The number of carboxylic acid groups (broad SMARTS) is 2. The summed E-state index contributed by atoms with van der Waals surface area (Å²) in [6, 6.07) is 0. The van der Waals surface area contributed by atoms with Gasteiger partial charge >= 0.3 is 11.9 Å². The normalized spacial score (nSPS) is 47.5. The van der Waals surface area contributed by atoms with Crippen LogP contribution in [0.25, 0.3) is 0 Å². The molecule has 9 atom stereocenters. The van der Waals surface area contributed by atoms with Crippen LogP contribution in [0.1, 0.15) is 106 Å². The third kappa shape index (κ3) is 3.81. The van der Waals surface area contributed by atoms with Crippen LogP contribution in [-0.2, 0) is 19.2 Å². The third-order valence-corrected chi connectivity index (χ3v) is 13.9. The van der Waals surface area contributed by atoms with Crippen LogP contribution in [0.5, 0.6) is 0 Å². The van der Waals surface area contributed by atoms with Gasteiger partial charge in [-0.2, -0.15) is 0 Å². The van der Waals surface area contributed by atoms with Gasteiger partial charge in [-0.05, 0) is 110 Å². The first-order valence-corrected chi connectivity index (χ1v) is 15.3. The summed E-state index contributed by atoms with van der Waals surface area (Å²) in [5.74, 6) is -1.97. The van der Waals surface area contributed by atoms with E-state index >= 15 is 0 Å². The first-order chi connectivity index (χ1) is 18.4. The Balaban J connectivity index is 1.53. The van der Waals surface area contributed by atoms with E-state index in [1.807, 2.05) is 13.0 Å². The molecule has 0 saturated heterocycles. The molecule has 5 aliphatic rings. The van der Waals surface area contributed by atoms with Gasteiger partial charge in [0.2, 0.25) is 5.91 Å². The number of aliphatic carboxylic acids is 2. The van der Waals surface area contributed by atoms with Gasteiger partial charge in [0.05, 0.1) is 5.41 Å². The van der Waals surface area contributed by atoms with Crippen LogP contribution in [0, 0.1) is 56.2 Å². The first kappa shape index (κ1) is 29.3.